The van der Waals surface area contributed by atoms with Gasteiger partial charge in [0.25, 0.3) is 0 Å². The second-order valence-electron chi connectivity index (χ2n) is 6.87. The number of hydrogen-bond acceptors (Lipinski definition) is 2. The summed E-state index contributed by atoms with van der Waals surface area (Å²) < 4.78 is 0. The van der Waals surface area contributed by atoms with Gasteiger partial charge in [-0.25, -0.2) is 4.98 Å². The lowest BCUT2D eigenvalue weighted by Gasteiger charge is -2.09. The van der Waals surface area contributed by atoms with Crippen LogP contribution in [0, 0.1) is 0 Å². The van der Waals surface area contributed by atoms with Crippen molar-refractivity contribution in [1.82, 2.24) is 9.97 Å². The molecule has 0 bridgehead atoms. The molecule has 0 aliphatic heterocycles. The highest BCUT2D eigenvalue weighted by Crippen LogP contribution is 2.26. The molecule has 25 heavy (non-hydrogen) atoms. The van der Waals surface area contributed by atoms with Gasteiger partial charge in [0, 0.05) is 22.0 Å². The standard InChI is InChI=1S/C23H22N2/c1-4-20-11-9-16-6-8-19(14-22(16)24-20)21-12-10-17-5-7-18(15(2)3)13-23(17)25-21/h5-15H,4H2,1-3H3. The summed E-state index contributed by atoms with van der Waals surface area (Å²) in [6.07, 6.45) is 0.951. The van der Waals surface area contributed by atoms with Crippen LogP contribution in [-0.2, 0) is 6.42 Å². The van der Waals surface area contributed by atoms with Gasteiger partial charge >= 0.3 is 0 Å². The molecule has 0 saturated heterocycles. The molecule has 0 unspecified atom stereocenters. The minimum atomic E-state index is 0.507. The van der Waals surface area contributed by atoms with Crippen LogP contribution >= 0.6 is 0 Å². The molecule has 4 rings (SSSR count). The number of aromatic nitrogens is 2. The molecule has 2 nitrogen and oxygen atoms in total. The van der Waals surface area contributed by atoms with Crippen molar-refractivity contribution < 1.29 is 0 Å². The van der Waals surface area contributed by atoms with Crippen molar-refractivity contribution in [2.75, 3.05) is 0 Å². The van der Waals surface area contributed by atoms with Gasteiger partial charge in [0.1, 0.15) is 0 Å². The SMILES string of the molecule is CCc1ccc2ccc(-c3ccc4ccc(C(C)C)cc4n3)cc2n1. The monoisotopic (exact) mass is 326 g/mol. The van der Waals surface area contributed by atoms with E-state index in [-0.39, 0.29) is 0 Å². The van der Waals surface area contributed by atoms with Crippen LogP contribution in [0.2, 0.25) is 0 Å². The maximum absolute atomic E-state index is 4.91. The molecule has 0 atom stereocenters. The molecule has 124 valence electrons. The Morgan fingerprint density at radius 3 is 2.20 bits per heavy atom. The summed E-state index contributed by atoms with van der Waals surface area (Å²) in [6.45, 7) is 6.56. The minimum Gasteiger partial charge on any atom is -0.253 e. The van der Waals surface area contributed by atoms with Crippen LogP contribution in [0.25, 0.3) is 33.1 Å². The lowest BCUT2D eigenvalue weighted by Crippen LogP contribution is -1.91. The lowest BCUT2D eigenvalue weighted by molar-refractivity contribution is 0.868. The van der Waals surface area contributed by atoms with E-state index in [0.29, 0.717) is 5.92 Å². The highest BCUT2D eigenvalue weighted by atomic mass is 14.7. The fourth-order valence-corrected chi connectivity index (χ4v) is 3.17. The summed E-state index contributed by atoms with van der Waals surface area (Å²) >= 11 is 0. The van der Waals surface area contributed by atoms with E-state index in [1.807, 2.05) is 0 Å². The lowest BCUT2D eigenvalue weighted by atomic mass is 10.0. The number of hydrogen-bond donors (Lipinski definition) is 0. The Bertz CT molecular complexity index is 1060. The summed E-state index contributed by atoms with van der Waals surface area (Å²) in [5, 5.41) is 2.35. The Kier molecular flexibility index (Phi) is 3.96. The average molecular weight is 326 g/mol. The molecule has 0 spiro atoms. The summed E-state index contributed by atoms with van der Waals surface area (Å²) in [4.78, 5) is 9.66. The first-order valence-corrected chi connectivity index (χ1v) is 8.95. The molecule has 0 aliphatic carbocycles. The van der Waals surface area contributed by atoms with E-state index >= 15 is 0 Å². The normalized spacial score (nSPS) is 11.5. The van der Waals surface area contributed by atoms with E-state index in [0.717, 1.165) is 34.4 Å². The highest BCUT2D eigenvalue weighted by Gasteiger charge is 2.06. The van der Waals surface area contributed by atoms with E-state index < -0.39 is 0 Å². The third-order valence-corrected chi connectivity index (χ3v) is 4.79. The van der Waals surface area contributed by atoms with Crippen molar-refractivity contribution >= 4 is 21.8 Å². The van der Waals surface area contributed by atoms with Crippen molar-refractivity contribution in [3.05, 3.63) is 71.9 Å². The van der Waals surface area contributed by atoms with Crippen LogP contribution in [0.5, 0.6) is 0 Å². The summed E-state index contributed by atoms with van der Waals surface area (Å²) in [5.41, 5.74) is 6.65. The zero-order valence-corrected chi connectivity index (χ0v) is 15.0. The quantitative estimate of drug-likeness (QED) is 0.452. The van der Waals surface area contributed by atoms with Crippen molar-refractivity contribution in [2.45, 2.75) is 33.1 Å². The summed E-state index contributed by atoms with van der Waals surface area (Å²) in [6, 6.07) is 21.5. The van der Waals surface area contributed by atoms with Gasteiger partial charge < -0.3 is 0 Å². The van der Waals surface area contributed by atoms with Gasteiger partial charge in [-0.15, -0.1) is 0 Å². The molecular formula is C23H22N2. The molecule has 0 N–H and O–H groups in total. The topological polar surface area (TPSA) is 25.8 Å². The Morgan fingerprint density at radius 1 is 0.760 bits per heavy atom. The van der Waals surface area contributed by atoms with Gasteiger partial charge in [0.2, 0.25) is 0 Å². The summed E-state index contributed by atoms with van der Waals surface area (Å²) in [5.74, 6) is 0.507. The van der Waals surface area contributed by atoms with Crippen LogP contribution in [0.4, 0.5) is 0 Å². The van der Waals surface area contributed by atoms with Crippen LogP contribution in [0.3, 0.4) is 0 Å². The molecular weight excluding hydrogens is 304 g/mol. The third-order valence-electron chi connectivity index (χ3n) is 4.79. The smallest absolute Gasteiger partial charge is 0.0712 e. The van der Waals surface area contributed by atoms with Gasteiger partial charge in [-0.05, 0) is 42.2 Å². The molecule has 0 aliphatic rings. The molecule has 4 aromatic rings. The largest absolute Gasteiger partial charge is 0.253 e. The predicted octanol–water partition coefficient (Wildman–Crippen LogP) is 6.14. The highest BCUT2D eigenvalue weighted by molar-refractivity contribution is 5.86. The number of benzene rings is 2. The zero-order chi connectivity index (χ0) is 17.4. The molecule has 0 fully saturated rings. The molecule has 2 aromatic heterocycles. The predicted molar refractivity (Wildman–Crippen MR) is 106 cm³/mol. The minimum absolute atomic E-state index is 0.507. The number of pyridine rings is 2. The second-order valence-corrected chi connectivity index (χ2v) is 6.87. The van der Waals surface area contributed by atoms with E-state index in [2.05, 4.69) is 81.4 Å². The third kappa shape index (κ3) is 3.00. The Labute approximate surface area is 148 Å². The molecule has 0 radical (unpaired) electrons. The van der Waals surface area contributed by atoms with Gasteiger partial charge in [-0.3, -0.25) is 4.98 Å². The Balaban J connectivity index is 1.83. The van der Waals surface area contributed by atoms with E-state index in [1.54, 1.807) is 0 Å². The fraction of sp³-hybridized carbons (Fsp3) is 0.217. The number of aryl methyl sites for hydroxylation is 1. The Morgan fingerprint density at radius 2 is 1.44 bits per heavy atom. The molecule has 0 saturated carbocycles. The Hall–Kier alpha value is -2.74. The first-order chi connectivity index (χ1) is 12.1. The molecule has 2 aromatic carbocycles. The molecule has 2 heterocycles. The average Bonchev–Trinajstić information content (AvgIpc) is 2.66. The summed E-state index contributed by atoms with van der Waals surface area (Å²) in [7, 11) is 0. The van der Waals surface area contributed by atoms with Crippen molar-refractivity contribution in [2.24, 2.45) is 0 Å². The zero-order valence-electron chi connectivity index (χ0n) is 15.0. The van der Waals surface area contributed by atoms with Gasteiger partial charge in [0.15, 0.2) is 0 Å². The van der Waals surface area contributed by atoms with Gasteiger partial charge in [-0.2, -0.15) is 0 Å². The fourth-order valence-electron chi connectivity index (χ4n) is 3.17. The maximum Gasteiger partial charge on any atom is 0.0712 e. The first kappa shape index (κ1) is 15.8. The molecule has 2 heteroatoms. The number of rotatable bonds is 3. The second kappa shape index (κ2) is 6.29. The van der Waals surface area contributed by atoms with E-state index in [1.165, 1.54) is 16.3 Å². The van der Waals surface area contributed by atoms with E-state index in [9.17, 15) is 0 Å². The van der Waals surface area contributed by atoms with Crippen LogP contribution < -0.4 is 0 Å². The van der Waals surface area contributed by atoms with Crippen LogP contribution in [-0.4, -0.2) is 9.97 Å². The number of fused-ring (bicyclic) bond motifs is 2. The first-order valence-electron chi connectivity index (χ1n) is 8.95. The van der Waals surface area contributed by atoms with Gasteiger partial charge in [0.05, 0.1) is 16.7 Å². The van der Waals surface area contributed by atoms with Crippen molar-refractivity contribution in [3.63, 3.8) is 0 Å². The van der Waals surface area contributed by atoms with Gasteiger partial charge in [-0.1, -0.05) is 57.2 Å². The number of nitrogens with zero attached hydrogens (tertiary/aromatic N) is 2. The van der Waals surface area contributed by atoms with Crippen molar-refractivity contribution in [3.8, 4) is 11.3 Å². The van der Waals surface area contributed by atoms with Crippen LogP contribution in [0.15, 0.2) is 60.7 Å². The maximum atomic E-state index is 4.91. The van der Waals surface area contributed by atoms with E-state index in [4.69, 9.17) is 9.97 Å². The van der Waals surface area contributed by atoms with Crippen LogP contribution in [0.1, 0.15) is 37.9 Å². The van der Waals surface area contributed by atoms with Crippen molar-refractivity contribution in [1.29, 1.82) is 0 Å². The molecule has 0 amide bonds.